The van der Waals surface area contributed by atoms with Gasteiger partial charge >= 0.3 is 0 Å². The Morgan fingerprint density at radius 3 is 2.65 bits per heavy atom. The average molecular weight is 348 g/mol. The van der Waals surface area contributed by atoms with Gasteiger partial charge in [0.15, 0.2) is 5.65 Å². The molecule has 0 saturated heterocycles. The van der Waals surface area contributed by atoms with Crippen LogP contribution in [0.3, 0.4) is 0 Å². The molecule has 0 aliphatic heterocycles. The quantitative estimate of drug-likeness (QED) is 0.570. The summed E-state index contributed by atoms with van der Waals surface area (Å²) in [5.74, 6) is -0.342. The zero-order valence-corrected chi connectivity index (χ0v) is 14.5. The van der Waals surface area contributed by atoms with Gasteiger partial charge in [0.2, 0.25) is 0 Å². The second-order valence-electron chi connectivity index (χ2n) is 6.33. The molecule has 4 aromatic rings. The van der Waals surface area contributed by atoms with Crippen LogP contribution in [0.25, 0.3) is 16.7 Å². The number of hydrogen-bond acceptors (Lipinski definition) is 3. The number of aromatic nitrogens is 4. The normalized spacial score (nSPS) is 11.2. The van der Waals surface area contributed by atoms with Gasteiger partial charge in [-0.3, -0.25) is 9.36 Å². The minimum atomic E-state index is -0.342. The van der Waals surface area contributed by atoms with Crippen LogP contribution in [-0.4, -0.2) is 19.3 Å². The molecule has 0 bridgehead atoms. The van der Waals surface area contributed by atoms with Gasteiger partial charge in [0, 0.05) is 5.56 Å². The molecule has 0 unspecified atom stereocenters. The second-order valence-corrected chi connectivity index (χ2v) is 6.33. The van der Waals surface area contributed by atoms with E-state index in [1.165, 1.54) is 28.7 Å². The van der Waals surface area contributed by atoms with Crippen molar-refractivity contribution >= 4 is 11.0 Å². The smallest absolute Gasteiger partial charge is 0.264 e. The Morgan fingerprint density at radius 1 is 1.08 bits per heavy atom. The Hall–Kier alpha value is -3.28. The second kappa shape index (κ2) is 6.22. The van der Waals surface area contributed by atoms with Gasteiger partial charge in [0.1, 0.15) is 17.5 Å². The van der Waals surface area contributed by atoms with Crippen molar-refractivity contribution in [2.75, 3.05) is 0 Å². The third-order valence-corrected chi connectivity index (χ3v) is 4.59. The molecule has 6 heteroatoms. The molecule has 26 heavy (non-hydrogen) atoms. The first-order chi connectivity index (χ1) is 12.5. The third-order valence-electron chi connectivity index (χ3n) is 4.59. The van der Waals surface area contributed by atoms with Crippen molar-refractivity contribution in [2.45, 2.75) is 20.4 Å². The van der Waals surface area contributed by atoms with Gasteiger partial charge in [0.05, 0.1) is 18.4 Å². The lowest BCUT2D eigenvalue weighted by atomic mass is 10.1. The van der Waals surface area contributed by atoms with Crippen molar-refractivity contribution < 1.29 is 4.39 Å². The summed E-state index contributed by atoms with van der Waals surface area (Å²) in [6.07, 6.45) is 2.95. The van der Waals surface area contributed by atoms with E-state index in [2.05, 4.69) is 10.1 Å². The van der Waals surface area contributed by atoms with Crippen LogP contribution in [0.15, 0.2) is 59.8 Å². The van der Waals surface area contributed by atoms with Crippen molar-refractivity contribution in [3.05, 3.63) is 87.9 Å². The Labute approximate surface area is 149 Å². The van der Waals surface area contributed by atoms with E-state index in [-0.39, 0.29) is 17.9 Å². The molecule has 0 radical (unpaired) electrons. The van der Waals surface area contributed by atoms with Crippen molar-refractivity contribution in [1.82, 2.24) is 19.3 Å². The van der Waals surface area contributed by atoms with Gasteiger partial charge in [-0.2, -0.15) is 5.10 Å². The van der Waals surface area contributed by atoms with Gasteiger partial charge in [-0.25, -0.2) is 14.1 Å². The molecule has 0 aliphatic carbocycles. The molecule has 0 aliphatic rings. The predicted octanol–water partition coefficient (Wildman–Crippen LogP) is 3.39. The SMILES string of the molecule is Cc1ccc(-n2ncc3c(=O)n(Cc4ccccc4F)cnc32)cc1C. The molecule has 4 rings (SSSR count). The van der Waals surface area contributed by atoms with E-state index in [1.807, 2.05) is 32.0 Å². The predicted molar refractivity (Wildman–Crippen MR) is 98.1 cm³/mol. The number of benzene rings is 2. The number of halogens is 1. The van der Waals surface area contributed by atoms with Crippen LogP contribution in [-0.2, 0) is 6.54 Å². The van der Waals surface area contributed by atoms with Crippen LogP contribution in [0.4, 0.5) is 4.39 Å². The van der Waals surface area contributed by atoms with Crippen molar-refractivity contribution in [3.63, 3.8) is 0 Å². The molecule has 2 aromatic carbocycles. The summed E-state index contributed by atoms with van der Waals surface area (Å²) in [7, 11) is 0. The molecule has 2 aromatic heterocycles. The molecule has 0 saturated carbocycles. The van der Waals surface area contributed by atoms with Crippen molar-refractivity contribution in [3.8, 4) is 5.69 Å². The van der Waals surface area contributed by atoms with Crippen molar-refractivity contribution in [2.24, 2.45) is 0 Å². The lowest BCUT2D eigenvalue weighted by Crippen LogP contribution is -2.21. The lowest BCUT2D eigenvalue weighted by Gasteiger charge is -2.08. The van der Waals surface area contributed by atoms with E-state index in [0.717, 1.165) is 11.3 Å². The summed E-state index contributed by atoms with van der Waals surface area (Å²) in [6, 6.07) is 12.4. The van der Waals surface area contributed by atoms with Gasteiger partial charge in [-0.1, -0.05) is 24.3 Å². The van der Waals surface area contributed by atoms with Crippen molar-refractivity contribution in [1.29, 1.82) is 0 Å². The standard InChI is InChI=1S/C20H17FN4O/c1-13-7-8-16(9-14(13)2)25-19-17(10-23-25)20(26)24(12-22-19)11-15-5-3-4-6-18(15)21/h3-10,12H,11H2,1-2H3. The monoisotopic (exact) mass is 348 g/mol. The Morgan fingerprint density at radius 2 is 1.88 bits per heavy atom. The van der Waals surface area contributed by atoms with E-state index in [4.69, 9.17) is 0 Å². The molecular weight excluding hydrogens is 331 g/mol. The highest BCUT2D eigenvalue weighted by Gasteiger charge is 2.13. The van der Waals surface area contributed by atoms with Gasteiger partial charge in [-0.05, 0) is 43.2 Å². The maximum absolute atomic E-state index is 13.9. The van der Waals surface area contributed by atoms with Crippen LogP contribution < -0.4 is 5.56 Å². The number of aryl methyl sites for hydroxylation is 2. The zero-order chi connectivity index (χ0) is 18.3. The molecule has 0 N–H and O–H groups in total. The van der Waals surface area contributed by atoms with Crippen LogP contribution in [0.1, 0.15) is 16.7 Å². The van der Waals surface area contributed by atoms with E-state index in [9.17, 15) is 9.18 Å². The van der Waals surface area contributed by atoms with Crippen LogP contribution in [0.5, 0.6) is 0 Å². The molecule has 0 spiro atoms. The van der Waals surface area contributed by atoms with Crippen LogP contribution >= 0.6 is 0 Å². The van der Waals surface area contributed by atoms with E-state index in [1.54, 1.807) is 22.9 Å². The summed E-state index contributed by atoms with van der Waals surface area (Å²) < 4.78 is 16.9. The largest absolute Gasteiger partial charge is 0.294 e. The van der Waals surface area contributed by atoms with Crippen LogP contribution in [0.2, 0.25) is 0 Å². The lowest BCUT2D eigenvalue weighted by molar-refractivity contribution is 0.595. The molecule has 0 fully saturated rings. The van der Waals surface area contributed by atoms with E-state index in [0.29, 0.717) is 16.6 Å². The Balaban J connectivity index is 1.79. The highest BCUT2D eigenvalue weighted by atomic mass is 19.1. The fourth-order valence-corrected chi connectivity index (χ4v) is 2.92. The number of nitrogens with zero attached hydrogens (tertiary/aromatic N) is 4. The fourth-order valence-electron chi connectivity index (χ4n) is 2.92. The summed E-state index contributed by atoms with van der Waals surface area (Å²) in [4.78, 5) is 17.2. The first-order valence-electron chi connectivity index (χ1n) is 8.29. The Kier molecular flexibility index (Phi) is 3.88. The topological polar surface area (TPSA) is 52.7 Å². The minimum absolute atomic E-state index is 0.128. The minimum Gasteiger partial charge on any atom is -0.294 e. The van der Waals surface area contributed by atoms with E-state index >= 15 is 0 Å². The molecule has 5 nitrogen and oxygen atoms in total. The summed E-state index contributed by atoms with van der Waals surface area (Å²) in [6.45, 7) is 4.20. The summed E-state index contributed by atoms with van der Waals surface area (Å²) in [5.41, 5.74) is 3.86. The average Bonchev–Trinajstić information content (AvgIpc) is 3.06. The third kappa shape index (κ3) is 2.69. The van der Waals surface area contributed by atoms with Gasteiger partial charge in [0.25, 0.3) is 5.56 Å². The number of hydrogen-bond donors (Lipinski definition) is 0. The maximum Gasteiger partial charge on any atom is 0.264 e. The van der Waals surface area contributed by atoms with Crippen LogP contribution in [0, 0.1) is 19.7 Å². The molecular formula is C20H17FN4O. The highest BCUT2D eigenvalue weighted by Crippen LogP contribution is 2.17. The van der Waals surface area contributed by atoms with Gasteiger partial charge in [-0.15, -0.1) is 0 Å². The fraction of sp³-hybridized carbons (Fsp3) is 0.150. The first-order valence-corrected chi connectivity index (χ1v) is 8.29. The summed E-state index contributed by atoms with van der Waals surface area (Å²) >= 11 is 0. The number of fused-ring (bicyclic) bond motifs is 1. The Bertz CT molecular complexity index is 1180. The molecule has 0 amide bonds. The summed E-state index contributed by atoms with van der Waals surface area (Å²) in [5, 5.41) is 4.73. The first kappa shape index (κ1) is 16.2. The number of rotatable bonds is 3. The molecule has 0 atom stereocenters. The maximum atomic E-state index is 13.9. The molecule has 2 heterocycles. The van der Waals surface area contributed by atoms with Gasteiger partial charge < -0.3 is 0 Å². The zero-order valence-electron chi connectivity index (χ0n) is 14.5. The molecule has 130 valence electrons. The van der Waals surface area contributed by atoms with E-state index < -0.39 is 0 Å². The highest BCUT2D eigenvalue weighted by molar-refractivity contribution is 5.75.